The van der Waals surface area contributed by atoms with Crippen LogP contribution in [0.2, 0.25) is 0 Å². The van der Waals surface area contributed by atoms with Crippen molar-refractivity contribution >= 4 is 23.5 Å². The van der Waals surface area contributed by atoms with E-state index in [9.17, 15) is 24.7 Å². The molecule has 0 heterocycles. The van der Waals surface area contributed by atoms with Gasteiger partial charge in [-0.1, -0.05) is 72.8 Å². The average molecular weight is 475 g/mol. The Morgan fingerprint density at radius 2 is 1.40 bits per heavy atom. The molecule has 0 fully saturated rings. The fraction of sp³-hybridized carbons (Fsp3) is 0.250. The molecule has 35 heavy (non-hydrogen) atoms. The molecular weight excluding hydrogens is 444 g/mol. The first-order chi connectivity index (χ1) is 16.9. The summed E-state index contributed by atoms with van der Waals surface area (Å²) in [6.07, 6.45) is 0.148. The van der Waals surface area contributed by atoms with Gasteiger partial charge in [-0.2, -0.15) is 0 Å². The number of rotatable bonds is 11. The summed E-state index contributed by atoms with van der Waals surface area (Å²) in [5.74, 6) is -4.58. The van der Waals surface area contributed by atoms with Crippen LogP contribution in [0.25, 0.3) is 11.1 Å². The molecule has 0 aliphatic carbocycles. The third-order valence-corrected chi connectivity index (χ3v) is 6.10. The van der Waals surface area contributed by atoms with Gasteiger partial charge in [-0.15, -0.1) is 0 Å². The van der Waals surface area contributed by atoms with Crippen molar-refractivity contribution < 1.29 is 24.7 Å². The monoisotopic (exact) mass is 474 g/mol. The fourth-order valence-electron chi connectivity index (χ4n) is 4.28. The molecule has 0 radical (unpaired) electrons. The summed E-state index contributed by atoms with van der Waals surface area (Å²) in [5.41, 5.74) is 5.22. The number of carboxylic acid groups (broad SMARTS) is 1. The number of hydrogen-bond acceptors (Lipinski definition) is 4. The van der Waals surface area contributed by atoms with Gasteiger partial charge < -0.3 is 10.0 Å². The van der Waals surface area contributed by atoms with E-state index in [4.69, 9.17) is 0 Å². The summed E-state index contributed by atoms with van der Waals surface area (Å²) in [5, 5.41) is 18.9. The molecule has 2 atom stereocenters. The number of aryl methyl sites for hydroxylation is 1. The molecule has 0 bridgehead atoms. The molecule has 2 amide bonds. The first kappa shape index (κ1) is 25.6. The summed E-state index contributed by atoms with van der Waals surface area (Å²) in [6.45, 7) is 2.09. The number of carbonyl (C=O) groups excluding carboxylic acids is 2. The average Bonchev–Trinajstić information content (AvgIpc) is 2.89. The van der Waals surface area contributed by atoms with Gasteiger partial charge in [0.05, 0.1) is 18.3 Å². The summed E-state index contributed by atoms with van der Waals surface area (Å²) in [6, 6.07) is 26.7. The molecule has 0 spiro atoms. The maximum Gasteiger partial charge on any atom is 0.304 e. The quantitative estimate of drug-likeness (QED) is 0.279. The van der Waals surface area contributed by atoms with Gasteiger partial charge in [0.25, 0.3) is 0 Å². The lowest BCUT2D eigenvalue weighted by molar-refractivity contribution is -0.145. The topological polar surface area (TPSA) is 107 Å². The summed E-state index contributed by atoms with van der Waals surface area (Å²) in [7, 11) is 0. The molecule has 3 N–H and O–H groups in total. The van der Waals surface area contributed by atoms with Gasteiger partial charge in [0.1, 0.15) is 0 Å². The van der Waals surface area contributed by atoms with Crippen LogP contribution >= 0.6 is 0 Å². The summed E-state index contributed by atoms with van der Waals surface area (Å²) >= 11 is 0. The minimum absolute atomic E-state index is 0.213. The smallest absolute Gasteiger partial charge is 0.304 e. The molecular formula is C28H30N2O5. The number of nitrogens with zero attached hydrogens (tertiary/aromatic N) is 1. The Kier molecular flexibility index (Phi) is 9.15. The molecule has 0 saturated heterocycles. The van der Waals surface area contributed by atoms with E-state index in [1.807, 2.05) is 84.9 Å². The highest BCUT2D eigenvalue weighted by Gasteiger charge is 2.37. The van der Waals surface area contributed by atoms with Crippen LogP contribution in [0.3, 0.4) is 0 Å². The highest BCUT2D eigenvalue weighted by molar-refractivity contribution is 5.99. The summed E-state index contributed by atoms with van der Waals surface area (Å²) < 4.78 is 0. The van der Waals surface area contributed by atoms with Crippen LogP contribution in [0.1, 0.15) is 25.3 Å². The summed E-state index contributed by atoms with van der Waals surface area (Å²) in [4.78, 5) is 39.4. The first-order valence-electron chi connectivity index (χ1n) is 11.6. The van der Waals surface area contributed by atoms with E-state index < -0.39 is 36.0 Å². The van der Waals surface area contributed by atoms with Crippen LogP contribution in [0.15, 0.2) is 84.9 Å². The minimum Gasteiger partial charge on any atom is -0.481 e. The number of carboxylic acids is 1. The molecule has 0 saturated carbocycles. The molecule has 7 nitrogen and oxygen atoms in total. The van der Waals surface area contributed by atoms with E-state index in [0.29, 0.717) is 18.7 Å². The molecule has 0 aliphatic rings. The van der Waals surface area contributed by atoms with E-state index in [-0.39, 0.29) is 6.42 Å². The number of amides is 2. The number of carbonyl (C=O) groups is 3. The van der Waals surface area contributed by atoms with Gasteiger partial charge in [-0.05, 0) is 48.6 Å². The van der Waals surface area contributed by atoms with Gasteiger partial charge in [-0.25, -0.2) is 5.48 Å². The number of aliphatic carboxylic acids is 1. The van der Waals surface area contributed by atoms with Crippen molar-refractivity contribution in [3.8, 4) is 11.1 Å². The first-order valence-corrected chi connectivity index (χ1v) is 11.6. The van der Waals surface area contributed by atoms with Crippen molar-refractivity contribution in [1.82, 2.24) is 5.48 Å². The van der Waals surface area contributed by atoms with Crippen molar-refractivity contribution in [2.45, 2.75) is 26.2 Å². The standard InChI is InChI=1S/C28H30N2O5/c1-2-30(23-16-14-22(15-17-23)21-11-7-4-8-12-21)28(34)25(19-26(31)32)24(27(33)29-35)18-13-20-9-5-3-6-10-20/h3-12,14-17,24-25,35H,2,13,18-19H2,1H3,(H,29,33)(H,31,32). The SMILES string of the molecule is CCN(C(=O)C(CC(=O)O)C(CCc1ccccc1)C(=O)NO)c1ccc(-c2ccccc2)cc1. The highest BCUT2D eigenvalue weighted by atomic mass is 16.5. The molecule has 3 rings (SSSR count). The predicted molar refractivity (Wildman–Crippen MR) is 134 cm³/mol. The van der Waals surface area contributed by atoms with E-state index in [1.165, 1.54) is 4.90 Å². The number of hydroxylamine groups is 1. The second-order valence-electron chi connectivity index (χ2n) is 8.31. The number of nitrogens with one attached hydrogen (secondary N) is 1. The van der Waals surface area contributed by atoms with Crippen LogP contribution in [0, 0.1) is 11.8 Å². The third kappa shape index (κ3) is 6.77. The molecule has 3 aromatic rings. The Hall–Kier alpha value is -3.97. The van der Waals surface area contributed by atoms with Crippen LogP contribution in [-0.4, -0.2) is 34.6 Å². The minimum atomic E-state index is -1.19. The number of anilines is 1. The van der Waals surface area contributed by atoms with E-state index in [1.54, 1.807) is 12.4 Å². The Balaban J connectivity index is 1.87. The second-order valence-corrected chi connectivity index (χ2v) is 8.31. The lowest BCUT2D eigenvalue weighted by atomic mass is 9.83. The third-order valence-electron chi connectivity index (χ3n) is 6.10. The van der Waals surface area contributed by atoms with E-state index in [0.717, 1.165) is 16.7 Å². The van der Waals surface area contributed by atoms with E-state index in [2.05, 4.69) is 0 Å². The zero-order chi connectivity index (χ0) is 25.2. The van der Waals surface area contributed by atoms with Crippen molar-refractivity contribution in [3.05, 3.63) is 90.5 Å². The maximum atomic E-state index is 13.6. The predicted octanol–water partition coefficient (Wildman–Crippen LogP) is 4.55. The molecule has 3 aromatic carbocycles. The van der Waals surface area contributed by atoms with Crippen molar-refractivity contribution in [2.75, 3.05) is 11.4 Å². The Bertz CT molecular complexity index is 1120. The van der Waals surface area contributed by atoms with Crippen molar-refractivity contribution in [2.24, 2.45) is 11.8 Å². The Morgan fingerprint density at radius 1 is 0.829 bits per heavy atom. The second kappa shape index (κ2) is 12.5. The van der Waals surface area contributed by atoms with Crippen LogP contribution in [0.4, 0.5) is 5.69 Å². The number of benzene rings is 3. The molecule has 2 unspecified atom stereocenters. The molecule has 7 heteroatoms. The van der Waals surface area contributed by atoms with Crippen molar-refractivity contribution in [3.63, 3.8) is 0 Å². The van der Waals surface area contributed by atoms with Gasteiger partial charge >= 0.3 is 5.97 Å². The van der Waals surface area contributed by atoms with Gasteiger partial charge in [0, 0.05) is 12.2 Å². The molecule has 182 valence electrons. The Morgan fingerprint density at radius 3 is 1.94 bits per heavy atom. The zero-order valence-corrected chi connectivity index (χ0v) is 19.6. The lowest BCUT2D eigenvalue weighted by Crippen LogP contribution is -2.45. The van der Waals surface area contributed by atoms with Crippen molar-refractivity contribution in [1.29, 1.82) is 0 Å². The fourth-order valence-corrected chi connectivity index (χ4v) is 4.28. The zero-order valence-electron chi connectivity index (χ0n) is 19.6. The highest BCUT2D eigenvalue weighted by Crippen LogP contribution is 2.29. The van der Waals surface area contributed by atoms with E-state index >= 15 is 0 Å². The van der Waals surface area contributed by atoms with Crippen LogP contribution in [-0.2, 0) is 20.8 Å². The molecule has 0 aliphatic heterocycles. The largest absolute Gasteiger partial charge is 0.481 e. The Labute approximate surface area is 205 Å². The normalized spacial score (nSPS) is 12.4. The number of hydrogen-bond donors (Lipinski definition) is 3. The van der Waals surface area contributed by atoms with Gasteiger partial charge in [0.15, 0.2) is 0 Å². The van der Waals surface area contributed by atoms with Crippen LogP contribution in [0.5, 0.6) is 0 Å². The van der Waals surface area contributed by atoms with Gasteiger partial charge in [-0.3, -0.25) is 19.6 Å². The van der Waals surface area contributed by atoms with Crippen LogP contribution < -0.4 is 10.4 Å². The lowest BCUT2D eigenvalue weighted by Gasteiger charge is -2.30. The molecule has 0 aromatic heterocycles. The van der Waals surface area contributed by atoms with Gasteiger partial charge in [0.2, 0.25) is 11.8 Å². The maximum absolute atomic E-state index is 13.6.